The highest BCUT2D eigenvalue weighted by Crippen LogP contribution is 2.38. The van der Waals surface area contributed by atoms with Crippen molar-refractivity contribution in [3.05, 3.63) is 59.2 Å². The van der Waals surface area contributed by atoms with E-state index in [1.165, 1.54) is 5.56 Å². The van der Waals surface area contributed by atoms with Crippen molar-refractivity contribution in [3.63, 3.8) is 0 Å². The molecule has 0 fully saturated rings. The Morgan fingerprint density at radius 3 is 2.66 bits per heavy atom. The average Bonchev–Trinajstić information content (AvgIpc) is 3.13. The Morgan fingerprint density at radius 1 is 1.16 bits per heavy atom. The van der Waals surface area contributed by atoms with Crippen LogP contribution in [-0.2, 0) is 19.5 Å². The lowest BCUT2D eigenvalue weighted by Crippen LogP contribution is -2.30. The van der Waals surface area contributed by atoms with E-state index in [1.54, 1.807) is 18.2 Å². The van der Waals surface area contributed by atoms with Gasteiger partial charge >= 0.3 is 7.12 Å². The Balaban J connectivity index is 1.66. The highest BCUT2D eigenvalue weighted by Gasteiger charge is 2.31. The van der Waals surface area contributed by atoms with E-state index >= 15 is 0 Å². The van der Waals surface area contributed by atoms with Crippen LogP contribution in [0.5, 0.6) is 0 Å². The molecule has 1 atom stereocenters. The lowest BCUT2D eigenvalue weighted by Gasteiger charge is -2.24. The van der Waals surface area contributed by atoms with Gasteiger partial charge in [-0.3, -0.25) is 0 Å². The lowest BCUT2D eigenvalue weighted by molar-refractivity contribution is 0.425. The molecule has 1 aromatic heterocycles. The van der Waals surface area contributed by atoms with Gasteiger partial charge in [0.25, 0.3) is 0 Å². The Morgan fingerprint density at radius 2 is 1.94 bits per heavy atom. The zero-order valence-electron chi connectivity index (χ0n) is 18.5. The summed E-state index contributed by atoms with van der Waals surface area (Å²) < 4.78 is 0. The number of rotatable bonds is 7. The molecule has 2 aromatic carbocycles. The summed E-state index contributed by atoms with van der Waals surface area (Å²) in [5, 5.41) is 22.1. The molecule has 3 aromatic rings. The van der Waals surface area contributed by atoms with Gasteiger partial charge in [-0.1, -0.05) is 36.4 Å². The van der Waals surface area contributed by atoms with Crippen LogP contribution in [0.15, 0.2) is 42.5 Å². The summed E-state index contributed by atoms with van der Waals surface area (Å²) in [5.74, 6) is 1.57. The third kappa shape index (κ3) is 4.38. The molecule has 166 valence electrons. The van der Waals surface area contributed by atoms with Gasteiger partial charge in [-0.15, -0.1) is 0 Å². The highest BCUT2D eigenvalue weighted by molar-refractivity contribution is 6.58. The molecular weight excluding hydrogens is 405 g/mol. The summed E-state index contributed by atoms with van der Waals surface area (Å²) in [4.78, 5) is 17.9. The predicted octanol–water partition coefficient (Wildman–Crippen LogP) is 0.771. The smallest absolute Gasteiger partial charge is 0.423 e. The molecule has 0 saturated heterocycles. The van der Waals surface area contributed by atoms with Crippen molar-refractivity contribution in [1.82, 2.24) is 15.0 Å². The number of hydrogen-bond acceptors (Lipinski definition) is 9. The van der Waals surface area contributed by atoms with Gasteiger partial charge < -0.3 is 30.9 Å². The number of benzene rings is 2. The van der Waals surface area contributed by atoms with E-state index < -0.39 is 7.12 Å². The van der Waals surface area contributed by atoms with Crippen molar-refractivity contribution in [2.24, 2.45) is 5.73 Å². The summed E-state index contributed by atoms with van der Waals surface area (Å²) in [6.45, 7) is 3.08. The molecule has 0 spiro atoms. The number of nitrogens with two attached hydrogens (primary N) is 1. The molecule has 0 bridgehead atoms. The maximum atomic E-state index is 9.41. The van der Waals surface area contributed by atoms with E-state index in [0.29, 0.717) is 36.4 Å². The average molecular weight is 433 g/mol. The standard InChI is InChI=1S/C22H28BN7O2/c1-14-10-18-16(12-24)7-5-9-19(18)30(14)22-27-20(26-21(28-22)29(2)3)25-13-15-6-4-8-17(11-15)23(31)32/h4-9,11,14,31-32H,10,12-13,24H2,1-3H3,(H,25,26,27,28). The van der Waals surface area contributed by atoms with E-state index in [4.69, 9.17) is 15.7 Å². The minimum absolute atomic E-state index is 0.186. The van der Waals surface area contributed by atoms with Crippen molar-refractivity contribution in [2.45, 2.75) is 32.5 Å². The second kappa shape index (κ2) is 9.11. The molecule has 9 nitrogen and oxygen atoms in total. The Hall–Kier alpha value is -3.21. The second-order valence-corrected chi connectivity index (χ2v) is 8.17. The van der Waals surface area contributed by atoms with Crippen LogP contribution in [0.1, 0.15) is 23.6 Å². The normalized spacial score (nSPS) is 14.9. The van der Waals surface area contributed by atoms with Crippen LogP contribution >= 0.6 is 0 Å². The summed E-state index contributed by atoms with van der Waals surface area (Å²) >= 11 is 0. The summed E-state index contributed by atoms with van der Waals surface area (Å²) in [5.41, 5.74) is 10.7. The zero-order valence-corrected chi connectivity index (χ0v) is 18.5. The second-order valence-electron chi connectivity index (χ2n) is 8.17. The van der Waals surface area contributed by atoms with Crippen molar-refractivity contribution in [3.8, 4) is 0 Å². The lowest BCUT2D eigenvalue weighted by atomic mass is 9.80. The maximum absolute atomic E-state index is 9.41. The van der Waals surface area contributed by atoms with E-state index in [2.05, 4.69) is 34.3 Å². The SMILES string of the molecule is CC1Cc2c(CN)cccc2N1c1nc(NCc2cccc(B(O)O)c2)nc(N(C)C)n1. The molecule has 5 N–H and O–H groups in total. The van der Waals surface area contributed by atoms with Crippen molar-refractivity contribution >= 4 is 36.1 Å². The van der Waals surface area contributed by atoms with Crippen LogP contribution in [0.3, 0.4) is 0 Å². The van der Waals surface area contributed by atoms with Crippen LogP contribution in [0.25, 0.3) is 0 Å². The predicted molar refractivity (Wildman–Crippen MR) is 127 cm³/mol. The van der Waals surface area contributed by atoms with Gasteiger partial charge in [-0.2, -0.15) is 15.0 Å². The largest absolute Gasteiger partial charge is 0.488 e. The van der Waals surface area contributed by atoms with Crippen LogP contribution in [0, 0.1) is 0 Å². The minimum atomic E-state index is -1.51. The molecule has 0 aliphatic carbocycles. The Labute approximate surface area is 188 Å². The zero-order chi connectivity index (χ0) is 22.8. The molecule has 4 rings (SSSR count). The number of nitrogens with one attached hydrogen (secondary N) is 1. The van der Waals surface area contributed by atoms with E-state index in [-0.39, 0.29) is 6.04 Å². The monoisotopic (exact) mass is 433 g/mol. The van der Waals surface area contributed by atoms with Crippen LogP contribution in [-0.4, -0.2) is 52.3 Å². The number of fused-ring (bicyclic) bond motifs is 1. The number of aromatic nitrogens is 3. The minimum Gasteiger partial charge on any atom is -0.423 e. The van der Waals surface area contributed by atoms with Gasteiger partial charge in [0.15, 0.2) is 0 Å². The molecule has 1 aliphatic heterocycles. The maximum Gasteiger partial charge on any atom is 0.488 e. The molecule has 0 saturated carbocycles. The van der Waals surface area contributed by atoms with E-state index in [0.717, 1.165) is 23.2 Å². The van der Waals surface area contributed by atoms with Crippen LogP contribution in [0.2, 0.25) is 0 Å². The van der Waals surface area contributed by atoms with Gasteiger partial charge in [0.2, 0.25) is 17.8 Å². The van der Waals surface area contributed by atoms with Gasteiger partial charge in [0.1, 0.15) is 0 Å². The molecule has 2 heterocycles. The van der Waals surface area contributed by atoms with Crippen molar-refractivity contribution in [1.29, 1.82) is 0 Å². The summed E-state index contributed by atoms with van der Waals surface area (Å²) in [6.07, 6.45) is 0.880. The van der Waals surface area contributed by atoms with Gasteiger partial charge in [0.05, 0.1) is 0 Å². The number of anilines is 4. The van der Waals surface area contributed by atoms with Crippen LogP contribution in [0.4, 0.5) is 23.5 Å². The molecule has 10 heteroatoms. The Bertz CT molecular complexity index is 1110. The van der Waals surface area contributed by atoms with Crippen molar-refractivity contribution < 1.29 is 10.0 Å². The molecule has 1 aliphatic rings. The molecule has 0 radical (unpaired) electrons. The summed E-state index contributed by atoms with van der Waals surface area (Å²) in [6, 6.07) is 13.4. The Kier molecular flexibility index (Phi) is 6.27. The van der Waals surface area contributed by atoms with Crippen LogP contribution < -0.4 is 26.3 Å². The fraction of sp³-hybridized carbons (Fsp3) is 0.318. The van der Waals surface area contributed by atoms with E-state index in [1.807, 2.05) is 31.1 Å². The fourth-order valence-corrected chi connectivity index (χ4v) is 3.99. The number of nitrogens with zero attached hydrogens (tertiary/aromatic N) is 5. The topological polar surface area (TPSA) is 124 Å². The molecular formula is C22H28BN7O2. The first-order chi connectivity index (χ1) is 15.4. The molecule has 0 amide bonds. The van der Waals surface area contributed by atoms with Crippen molar-refractivity contribution in [2.75, 3.05) is 29.2 Å². The molecule has 32 heavy (non-hydrogen) atoms. The fourth-order valence-electron chi connectivity index (χ4n) is 3.99. The highest BCUT2D eigenvalue weighted by atomic mass is 16.4. The first-order valence-electron chi connectivity index (χ1n) is 10.6. The number of hydrogen-bond donors (Lipinski definition) is 4. The van der Waals surface area contributed by atoms with Gasteiger partial charge in [-0.25, -0.2) is 0 Å². The third-order valence-corrected chi connectivity index (χ3v) is 5.60. The van der Waals surface area contributed by atoms with Gasteiger partial charge in [-0.05, 0) is 41.6 Å². The van der Waals surface area contributed by atoms with E-state index in [9.17, 15) is 10.0 Å². The quantitative estimate of drug-likeness (QED) is 0.400. The molecule has 1 unspecified atom stereocenters. The summed E-state index contributed by atoms with van der Waals surface area (Å²) in [7, 11) is 2.28. The van der Waals surface area contributed by atoms with Gasteiger partial charge in [0, 0.05) is 38.9 Å². The first-order valence-corrected chi connectivity index (χ1v) is 10.6. The third-order valence-electron chi connectivity index (χ3n) is 5.60. The first kappa shape index (κ1) is 22.0.